The summed E-state index contributed by atoms with van der Waals surface area (Å²) >= 11 is 0. The van der Waals surface area contributed by atoms with Crippen LogP contribution in [-0.4, -0.2) is 37.3 Å². The van der Waals surface area contributed by atoms with Crippen LogP contribution in [0.4, 0.5) is 4.39 Å². The van der Waals surface area contributed by atoms with Crippen molar-refractivity contribution in [3.8, 4) is 5.75 Å². The lowest BCUT2D eigenvalue weighted by atomic mass is 9.75. The zero-order valence-corrected chi connectivity index (χ0v) is 12.9. The molecule has 0 amide bonds. The van der Waals surface area contributed by atoms with E-state index in [1.807, 2.05) is 6.92 Å². The number of hydrogen-bond acceptors (Lipinski definition) is 3. The van der Waals surface area contributed by atoms with Crippen molar-refractivity contribution in [3.05, 3.63) is 29.3 Å². The number of alkyl halides is 1. The number of rotatable bonds is 4. The summed E-state index contributed by atoms with van der Waals surface area (Å²) in [5.74, 6) is 1.46. The van der Waals surface area contributed by atoms with Gasteiger partial charge in [0, 0.05) is 30.7 Å². The van der Waals surface area contributed by atoms with Crippen molar-refractivity contribution >= 4 is 0 Å². The Bertz CT molecular complexity index is 500. The molecule has 0 aromatic heterocycles. The quantitative estimate of drug-likeness (QED) is 0.927. The van der Waals surface area contributed by atoms with E-state index in [9.17, 15) is 4.39 Å². The second kappa shape index (κ2) is 5.93. The Kier molecular flexibility index (Phi) is 4.18. The van der Waals surface area contributed by atoms with Crippen molar-refractivity contribution in [3.63, 3.8) is 0 Å². The maximum Gasteiger partial charge on any atom is 0.123 e. The van der Waals surface area contributed by atoms with Gasteiger partial charge in [0.15, 0.2) is 0 Å². The summed E-state index contributed by atoms with van der Waals surface area (Å²) in [5.41, 5.74) is 8.33. The fraction of sp³-hybridized carbons (Fsp3) is 0.647. The number of hydrogen-bond donors (Lipinski definition) is 1. The molecule has 0 spiro atoms. The summed E-state index contributed by atoms with van der Waals surface area (Å²) in [6.07, 6.45) is 2.35. The lowest BCUT2D eigenvalue weighted by Gasteiger charge is -2.41. The molecule has 4 heteroatoms. The molecule has 2 fully saturated rings. The van der Waals surface area contributed by atoms with Crippen molar-refractivity contribution in [1.82, 2.24) is 4.90 Å². The van der Waals surface area contributed by atoms with E-state index in [2.05, 4.69) is 23.1 Å². The van der Waals surface area contributed by atoms with Crippen LogP contribution in [0.3, 0.4) is 0 Å². The van der Waals surface area contributed by atoms with Crippen molar-refractivity contribution in [2.24, 2.45) is 5.73 Å². The predicted molar refractivity (Wildman–Crippen MR) is 82.4 cm³/mol. The number of halogens is 1. The Morgan fingerprint density at radius 1 is 1.38 bits per heavy atom. The van der Waals surface area contributed by atoms with Gasteiger partial charge < -0.3 is 10.5 Å². The Morgan fingerprint density at radius 3 is 2.71 bits per heavy atom. The minimum absolute atomic E-state index is 0.0192. The molecule has 1 saturated heterocycles. The Balaban J connectivity index is 1.64. The first-order valence-electron chi connectivity index (χ1n) is 7.90. The van der Waals surface area contributed by atoms with E-state index in [1.165, 1.54) is 5.56 Å². The van der Waals surface area contributed by atoms with Crippen molar-refractivity contribution in [2.75, 3.05) is 20.2 Å². The molecule has 1 aromatic carbocycles. The Morgan fingerprint density at radius 2 is 2.14 bits per heavy atom. The van der Waals surface area contributed by atoms with Gasteiger partial charge in [0.25, 0.3) is 0 Å². The molecule has 2 aliphatic rings. The average Bonchev–Trinajstić information content (AvgIpc) is 2.83. The molecule has 1 aliphatic carbocycles. The van der Waals surface area contributed by atoms with Crippen LogP contribution in [0, 0.1) is 0 Å². The molecule has 0 unspecified atom stereocenters. The molecular weight excluding hydrogens is 267 g/mol. The molecule has 0 bridgehead atoms. The predicted octanol–water partition coefficient (Wildman–Crippen LogP) is 3.00. The number of benzene rings is 1. The molecule has 0 radical (unpaired) electrons. The first kappa shape index (κ1) is 14.8. The summed E-state index contributed by atoms with van der Waals surface area (Å²) in [5, 5.41) is 0. The monoisotopic (exact) mass is 292 g/mol. The van der Waals surface area contributed by atoms with Crippen LogP contribution < -0.4 is 10.5 Å². The van der Waals surface area contributed by atoms with Gasteiger partial charge in [0.05, 0.1) is 7.11 Å². The highest BCUT2D eigenvalue weighted by Gasteiger charge is 2.37. The zero-order valence-electron chi connectivity index (χ0n) is 12.9. The number of likely N-dealkylation sites (tertiary alicyclic amines) is 1. The minimum atomic E-state index is -0.616. The van der Waals surface area contributed by atoms with Crippen LogP contribution in [0.1, 0.15) is 49.3 Å². The molecule has 3 nitrogen and oxygen atoms in total. The van der Waals surface area contributed by atoms with Gasteiger partial charge in [-0.2, -0.15) is 0 Å². The standard InChI is InChI=1S/C17H25FN2O/c1-11(19)16-4-3-12(9-17(16)21-2)13-7-15(8-13)20-6-5-14(18)10-20/h3-4,9,11,13-15H,5-8,10,19H2,1-2H3/t11-,13?,14+,15?/m0/s1. The third kappa shape index (κ3) is 2.92. The van der Waals surface area contributed by atoms with Gasteiger partial charge in [-0.05, 0) is 43.7 Å². The van der Waals surface area contributed by atoms with Gasteiger partial charge in [-0.25, -0.2) is 4.39 Å². The largest absolute Gasteiger partial charge is 0.496 e. The summed E-state index contributed by atoms with van der Waals surface area (Å²) in [7, 11) is 1.69. The Labute approximate surface area is 126 Å². The maximum atomic E-state index is 13.3. The van der Waals surface area contributed by atoms with Gasteiger partial charge in [-0.3, -0.25) is 4.90 Å². The van der Waals surface area contributed by atoms with Gasteiger partial charge >= 0.3 is 0 Å². The van der Waals surface area contributed by atoms with E-state index in [0.717, 1.165) is 30.7 Å². The smallest absolute Gasteiger partial charge is 0.123 e. The van der Waals surface area contributed by atoms with Crippen LogP contribution in [-0.2, 0) is 0 Å². The lowest BCUT2D eigenvalue weighted by molar-refractivity contribution is 0.127. The lowest BCUT2D eigenvalue weighted by Crippen LogP contribution is -2.42. The topological polar surface area (TPSA) is 38.5 Å². The number of nitrogens with two attached hydrogens (primary N) is 1. The van der Waals surface area contributed by atoms with E-state index in [1.54, 1.807) is 7.11 Å². The molecule has 1 aromatic rings. The summed E-state index contributed by atoms with van der Waals surface area (Å²) < 4.78 is 18.7. The van der Waals surface area contributed by atoms with Crippen LogP contribution >= 0.6 is 0 Å². The van der Waals surface area contributed by atoms with Crippen molar-refractivity contribution in [2.45, 2.75) is 50.4 Å². The number of methoxy groups -OCH3 is 1. The van der Waals surface area contributed by atoms with E-state index < -0.39 is 6.17 Å². The third-order valence-electron chi connectivity index (χ3n) is 5.01. The van der Waals surface area contributed by atoms with Crippen LogP contribution in [0.15, 0.2) is 18.2 Å². The highest BCUT2D eigenvalue weighted by Crippen LogP contribution is 2.42. The van der Waals surface area contributed by atoms with Gasteiger partial charge in [-0.15, -0.1) is 0 Å². The van der Waals surface area contributed by atoms with Gasteiger partial charge in [0.2, 0.25) is 0 Å². The number of nitrogens with zero attached hydrogens (tertiary/aromatic N) is 1. The third-order valence-corrected chi connectivity index (χ3v) is 5.01. The molecule has 2 atom stereocenters. The van der Waals surface area contributed by atoms with Gasteiger partial charge in [0.1, 0.15) is 11.9 Å². The molecule has 116 valence electrons. The van der Waals surface area contributed by atoms with E-state index in [4.69, 9.17) is 10.5 Å². The fourth-order valence-electron chi connectivity index (χ4n) is 3.59. The van der Waals surface area contributed by atoms with E-state index in [-0.39, 0.29) is 6.04 Å². The normalized spacial score (nSPS) is 31.0. The first-order valence-corrected chi connectivity index (χ1v) is 7.90. The highest BCUT2D eigenvalue weighted by molar-refractivity contribution is 5.41. The molecular formula is C17H25FN2O. The molecule has 21 heavy (non-hydrogen) atoms. The van der Waals surface area contributed by atoms with Crippen LogP contribution in [0.5, 0.6) is 5.75 Å². The van der Waals surface area contributed by atoms with Crippen molar-refractivity contribution in [1.29, 1.82) is 0 Å². The fourth-order valence-corrected chi connectivity index (χ4v) is 3.59. The summed E-state index contributed by atoms with van der Waals surface area (Å²) in [4.78, 5) is 2.31. The second-order valence-corrected chi connectivity index (χ2v) is 6.49. The van der Waals surface area contributed by atoms with Crippen molar-refractivity contribution < 1.29 is 9.13 Å². The van der Waals surface area contributed by atoms with Crippen LogP contribution in [0.25, 0.3) is 0 Å². The SMILES string of the molecule is COc1cc(C2CC(N3CC[C@@H](F)C3)C2)ccc1[C@H](C)N. The number of ether oxygens (including phenoxy) is 1. The van der Waals surface area contributed by atoms with E-state index in [0.29, 0.717) is 24.9 Å². The molecule has 1 saturated carbocycles. The summed E-state index contributed by atoms with van der Waals surface area (Å²) in [6.45, 7) is 3.52. The van der Waals surface area contributed by atoms with E-state index >= 15 is 0 Å². The molecule has 3 rings (SSSR count). The minimum Gasteiger partial charge on any atom is -0.496 e. The molecule has 1 aliphatic heterocycles. The maximum absolute atomic E-state index is 13.3. The van der Waals surface area contributed by atoms with Gasteiger partial charge in [-0.1, -0.05) is 12.1 Å². The molecule has 2 N–H and O–H groups in total. The first-order chi connectivity index (χ1) is 10.1. The zero-order chi connectivity index (χ0) is 15.0. The Hall–Kier alpha value is -1.13. The summed E-state index contributed by atoms with van der Waals surface area (Å²) in [6, 6.07) is 6.93. The second-order valence-electron chi connectivity index (χ2n) is 6.49. The molecule has 1 heterocycles. The average molecular weight is 292 g/mol. The van der Waals surface area contributed by atoms with Crippen LogP contribution in [0.2, 0.25) is 0 Å². The highest BCUT2D eigenvalue weighted by atomic mass is 19.1.